The third-order valence-corrected chi connectivity index (χ3v) is 4.80. The van der Waals surface area contributed by atoms with E-state index < -0.39 is 0 Å². The summed E-state index contributed by atoms with van der Waals surface area (Å²) in [4.78, 5) is 9.01. The van der Waals surface area contributed by atoms with E-state index in [0.717, 1.165) is 30.2 Å². The molecule has 28 heavy (non-hydrogen) atoms. The van der Waals surface area contributed by atoms with Gasteiger partial charge in [0.2, 0.25) is 0 Å². The average Bonchev–Trinajstić information content (AvgIpc) is 3.20. The smallest absolute Gasteiger partial charge is 0.123 e. The van der Waals surface area contributed by atoms with Crippen LogP contribution in [0.4, 0.5) is 11.4 Å². The number of aliphatic imine (C=N–C) groups is 1. The molecule has 146 valence electrons. The molecular formula is C22H28N6. The van der Waals surface area contributed by atoms with Crippen molar-refractivity contribution in [3.63, 3.8) is 0 Å². The standard InChI is InChI=1S/C22H28N6/c1-6-26(4)14-23-20-11-18(3)21(12-22(20)28-15-24-25-16-28)27(5)13-19-9-7-8-17(2)10-19/h7-12,14-16H,6,13H2,1-5H3. The van der Waals surface area contributed by atoms with Crippen LogP contribution in [0.2, 0.25) is 0 Å². The van der Waals surface area contributed by atoms with Gasteiger partial charge in [-0.15, -0.1) is 10.2 Å². The second-order valence-electron chi connectivity index (χ2n) is 7.16. The molecule has 0 N–H and O–H groups in total. The first-order chi connectivity index (χ1) is 13.5. The van der Waals surface area contributed by atoms with Gasteiger partial charge in [-0.2, -0.15) is 0 Å². The molecule has 0 amide bonds. The summed E-state index contributed by atoms with van der Waals surface area (Å²) in [6.45, 7) is 8.09. The first kappa shape index (κ1) is 19.6. The summed E-state index contributed by atoms with van der Waals surface area (Å²) in [7, 11) is 4.13. The number of hydrogen-bond acceptors (Lipinski definition) is 4. The van der Waals surface area contributed by atoms with Gasteiger partial charge in [-0.1, -0.05) is 29.8 Å². The van der Waals surface area contributed by atoms with Crippen LogP contribution in [-0.2, 0) is 6.54 Å². The van der Waals surface area contributed by atoms with Gasteiger partial charge in [-0.25, -0.2) is 4.99 Å². The molecular weight excluding hydrogens is 348 g/mol. The molecule has 0 aliphatic rings. The SMILES string of the molecule is CCN(C)C=Nc1cc(C)c(N(C)Cc2cccc(C)c2)cc1-n1cnnc1. The number of benzene rings is 2. The molecule has 2 aromatic carbocycles. The van der Waals surface area contributed by atoms with E-state index in [9.17, 15) is 0 Å². The van der Waals surface area contributed by atoms with Gasteiger partial charge in [0, 0.05) is 32.9 Å². The Morgan fingerprint density at radius 1 is 1.07 bits per heavy atom. The van der Waals surface area contributed by atoms with E-state index in [1.165, 1.54) is 16.7 Å². The van der Waals surface area contributed by atoms with Crippen molar-refractivity contribution in [3.05, 3.63) is 65.7 Å². The Balaban J connectivity index is 1.98. The topological polar surface area (TPSA) is 49.5 Å². The van der Waals surface area contributed by atoms with Crippen LogP contribution in [0.1, 0.15) is 23.6 Å². The van der Waals surface area contributed by atoms with Crippen LogP contribution >= 0.6 is 0 Å². The third-order valence-electron chi connectivity index (χ3n) is 4.80. The quantitative estimate of drug-likeness (QED) is 0.459. The minimum atomic E-state index is 0.839. The largest absolute Gasteiger partial charge is 0.370 e. The molecule has 0 saturated carbocycles. The summed E-state index contributed by atoms with van der Waals surface area (Å²) in [5.41, 5.74) is 6.76. The number of hydrogen-bond donors (Lipinski definition) is 0. The van der Waals surface area contributed by atoms with Gasteiger partial charge in [0.15, 0.2) is 0 Å². The van der Waals surface area contributed by atoms with Crippen molar-refractivity contribution in [2.24, 2.45) is 4.99 Å². The molecule has 3 rings (SSSR count). The van der Waals surface area contributed by atoms with Crippen LogP contribution in [0.5, 0.6) is 0 Å². The highest BCUT2D eigenvalue weighted by atomic mass is 15.2. The zero-order valence-electron chi connectivity index (χ0n) is 17.3. The van der Waals surface area contributed by atoms with Crippen LogP contribution in [-0.4, -0.2) is 46.6 Å². The first-order valence-electron chi connectivity index (χ1n) is 9.48. The summed E-state index contributed by atoms with van der Waals surface area (Å²) >= 11 is 0. The van der Waals surface area contributed by atoms with Crippen molar-refractivity contribution in [1.29, 1.82) is 0 Å². The zero-order chi connectivity index (χ0) is 20.1. The molecule has 0 fully saturated rings. The summed E-state index contributed by atoms with van der Waals surface area (Å²) in [6.07, 6.45) is 5.27. The van der Waals surface area contributed by atoms with E-state index in [-0.39, 0.29) is 0 Å². The molecule has 0 radical (unpaired) electrons. The van der Waals surface area contributed by atoms with E-state index in [1.54, 1.807) is 12.7 Å². The fourth-order valence-corrected chi connectivity index (χ4v) is 3.13. The maximum absolute atomic E-state index is 4.70. The highest BCUT2D eigenvalue weighted by Crippen LogP contribution is 2.32. The second-order valence-corrected chi connectivity index (χ2v) is 7.16. The van der Waals surface area contributed by atoms with E-state index in [2.05, 4.69) is 79.3 Å². The third kappa shape index (κ3) is 4.57. The summed E-state index contributed by atoms with van der Waals surface area (Å²) in [6, 6.07) is 12.9. The van der Waals surface area contributed by atoms with Gasteiger partial charge < -0.3 is 9.80 Å². The highest BCUT2D eigenvalue weighted by Gasteiger charge is 2.13. The minimum absolute atomic E-state index is 0.839. The van der Waals surface area contributed by atoms with Crippen molar-refractivity contribution < 1.29 is 0 Å². The molecule has 1 aromatic heterocycles. The maximum atomic E-state index is 4.70. The first-order valence-corrected chi connectivity index (χ1v) is 9.48. The Morgan fingerprint density at radius 2 is 1.82 bits per heavy atom. The fourth-order valence-electron chi connectivity index (χ4n) is 3.13. The van der Waals surface area contributed by atoms with E-state index in [0.29, 0.717) is 0 Å². The van der Waals surface area contributed by atoms with Crippen LogP contribution in [0, 0.1) is 13.8 Å². The molecule has 3 aromatic rings. The van der Waals surface area contributed by atoms with Crippen LogP contribution in [0.25, 0.3) is 5.69 Å². The second kappa shape index (κ2) is 8.69. The van der Waals surface area contributed by atoms with E-state index in [4.69, 9.17) is 4.99 Å². The lowest BCUT2D eigenvalue weighted by atomic mass is 10.1. The number of aryl methyl sites for hydroxylation is 2. The predicted octanol–water partition coefficient (Wildman–Crippen LogP) is 4.13. The Hall–Kier alpha value is -3.15. The van der Waals surface area contributed by atoms with Crippen molar-refractivity contribution in [2.75, 3.05) is 25.5 Å². The van der Waals surface area contributed by atoms with Crippen molar-refractivity contribution in [2.45, 2.75) is 27.3 Å². The van der Waals surface area contributed by atoms with Crippen LogP contribution < -0.4 is 4.90 Å². The summed E-state index contributed by atoms with van der Waals surface area (Å²) in [5, 5.41) is 7.93. The summed E-state index contributed by atoms with van der Waals surface area (Å²) < 4.78 is 1.90. The Bertz CT molecular complexity index is 946. The molecule has 1 heterocycles. The molecule has 0 saturated heterocycles. The zero-order valence-corrected chi connectivity index (χ0v) is 17.3. The Kier molecular flexibility index (Phi) is 6.09. The lowest BCUT2D eigenvalue weighted by Gasteiger charge is -2.23. The van der Waals surface area contributed by atoms with Crippen molar-refractivity contribution >= 4 is 17.7 Å². The van der Waals surface area contributed by atoms with Gasteiger partial charge in [-0.05, 0) is 44.0 Å². The molecule has 0 unspecified atom stereocenters. The lowest BCUT2D eigenvalue weighted by molar-refractivity contribution is 0.552. The van der Waals surface area contributed by atoms with Crippen molar-refractivity contribution in [1.82, 2.24) is 19.7 Å². The monoisotopic (exact) mass is 376 g/mol. The molecule has 0 bridgehead atoms. The fraction of sp³-hybridized carbons (Fsp3) is 0.318. The van der Waals surface area contributed by atoms with Gasteiger partial charge in [0.25, 0.3) is 0 Å². The van der Waals surface area contributed by atoms with Gasteiger partial charge in [0.05, 0.1) is 17.7 Å². The number of nitrogens with zero attached hydrogens (tertiary/aromatic N) is 6. The Labute approximate surface area is 167 Å². The molecule has 6 nitrogen and oxygen atoms in total. The predicted molar refractivity (Wildman–Crippen MR) is 116 cm³/mol. The number of rotatable bonds is 7. The summed E-state index contributed by atoms with van der Waals surface area (Å²) in [5.74, 6) is 0. The molecule has 6 heteroatoms. The minimum Gasteiger partial charge on any atom is -0.370 e. The van der Waals surface area contributed by atoms with E-state index >= 15 is 0 Å². The van der Waals surface area contributed by atoms with Crippen LogP contribution in [0.15, 0.2) is 54.0 Å². The number of anilines is 1. The molecule has 0 atom stereocenters. The Morgan fingerprint density at radius 3 is 2.50 bits per heavy atom. The van der Waals surface area contributed by atoms with Gasteiger partial charge >= 0.3 is 0 Å². The molecule has 0 aliphatic heterocycles. The van der Waals surface area contributed by atoms with E-state index in [1.807, 2.05) is 22.9 Å². The van der Waals surface area contributed by atoms with Crippen molar-refractivity contribution in [3.8, 4) is 5.69 Å². The van der Waals surface area contributed by atoms with Gasteiger partial charge in [0.1, 0.15) is 12.7 Å². The molecule has 0 aliphatic carbocycles. The van der Waals surface area contributed by atoms with Gasteiger partial charge in [-0.3, -0.25) is 4.57 Å². The maximum Gasteiger partial charge on any atom is 0.123 e. The highest BCUT2D eigenvalue weighted by molar-refractivity contribution is 5.73. The normalized spacial score (nSPS) is 11.2. The average molecular weight is 377 g/mol. The van der Waals surface area contributed by atoms with Crippen LogP contribution in [0.3, 0.4) is 0 Å². The molecule has 0 spiro atoms. The number of aromatic nitrogens is 3. The lowest BCUT2D eigenvalue weighted by Crippen LogP contribution is -2.18.